The lowest BCUT2D eigenvalue weighted by Gasteiger charge is -2.02. The van der Waals surface area contributed by atoms with Crippen LogP contribution in [0.2, 0.25) is 0 Å². The normalized spacial score (nSPS) is 21.4. The molecule has 0 amide bonds. The van der Waals surface area contributed by atoms with Crippen molar-refractivity contribution in [2.24, 2.45) is 13.0 Å². The van der Waals surface area contributed by atoms with Crippen LogP contribution in [0, 0.1) is 5.92 Å². The third-order valence-electron chi connectivity index (χ3n) is 4.10. The van der Waals surface area contributed by atoms with Gasteiger partial charge in [0.1, 0.15) is 11.5 Å². The smallest absolute Gasteiger partial charge is 0.117 e. The lowest BCUT2D eigenvalue weighted by atomic mass is 10.2. The van der Waals surface area contributed by atoms with E-state index in [1.165, 1.54) is 17.7 Å². The number of hydrogen-bond acceptors (Lipinski definition) is 3. The highest BCUT2D eigenvalue weighted by Gasteiger charge is 2.36. The number of furan rings is 1. The van der Waals surface area contributed by atoms with E-state index in [4.69, 9.17) is 4.42 Å². The minimum Gasteiger partial charge on any atom is -0.464 e. The van der Waals surface area contributed by atoms with Gasteiger partial charge in [0, 0.05) is 31.3 Å². The van der Waals surface area contributed by atoms with Crippen LogP contribution in [0.5, 0.6) is 0 Å². The Hall–Kier alpha value is -1.55. The number of nitrogens with one attached hydrogen (secondary N) is 1. The van der Waals surface area contributed by atoms with Crippen LogP contribution in [0.1, 0.15) is 49.0 Å². The average molecular weight is 273 g/mol. The summed E-state index contributed by atoms with van der Waals surface area (Å²) in [5.41, 5.74) is 2.45. The van der Waals surface area contributed by atoms with Gasteiger partial charge in [-0.15, -0.1) is 0 Å². The number of hydrogen-bond donors (Lipinski definition) is 1. The maximum atomic E-state index is 5.89. The first kappa shape index (κ1) is 13.4. The van der Waals surface area contributed by atoms with Gasteiger partial charge in [-0.1, -0.05) is 13.8 Å². The van der Waals surface area contributed by atoms with E-state index in [-0.39, 0.29) is 0 Å². The van der Waals surface area contributed by atoms with Crippen LogP contribution in [0.3, 0.4) is 0 Å². The molecule has 1 N–H and O–H groups in total. The molecule has 2 aromatic rings. The van der Waals surface area contributed by atoms with Crippen LogP contribution >= 0.6 is 0 Å². The number of aromatic nitrogens is 2. The molecule has 0 radical (unpaired) electrons. The Morgan fingerprint density at radius 1 is 1.40 bits per heavy atom. The minimum atomic E-state index is 0.661. The Balaban J connectivity index is 1.53. The van der Waals surface area contributed by atoms with Gasteiger partial charge in [0.2, 0.25) is 0 Å². The lowest BCUT2D eigenvalue weighted by molar-refractivity contribution is 0.444. The molecule has 20 heavy (non-hydrogen) atoms. The standard InChI is InChI=1S/C16H23N3O/c1-4-15-12(10-19(3)18-15)8-17-9-13-5-6-16(20-13)14-7-11(14)2/h5-6,10-11,14,17H,4,7-9H2,1-3H3. The molecule has 2 heterocycles. The Kier molecular flexibility index (Phi) is 3.66. The zero-order valence-electron chi connectivity index (χ0n) is 12.5. The van der Waals surface area contributed by atoms with E-state index in [1.54, 1.807) is 0 Å². The van der Waals surface area contributed by atoms with Gasteiger partial charge in [-0.05, 0) is 30.9 Å². The fourth-order valence-corrected chi connectivity index (χ4v) is 2.76. The molecule has 1 fully saturated rings. The fraction of sp³-hybridized carbons (Fsp3) is 0.562. The molecule has 1 saturated carbocycles. The Morgan fingerprint density at radius 2 is 2.20 bits per heavy atom. The van der Waals surface area contributed by atoms with Gasteiger partial charge in [-0.2, -0.15) is 5.10 Å². The highest BCUT2D eigenvalue weighted by molar-refractivity contribution is 5.19. The summed E-state index contributed by atoms with van der Waals surface area (Å²) < 4.78 is 7.78. The highest BCUT2D eigenvalue weighted by atomic mass is 16.3. The predicted octanol–water partition coefficient (Wildman–Crippen LogP) is 2.99. The molecule has 0 spiro atoms. The molecule has 2 aromatic heterocycles. The van der Waals surface area contributed by atoms with Crippen LogP contribution in [-0.2, 0) is 26.6 Å². The van der Waals surface area contributed by atoms with Crippen molar-refractivity contribution in [3.05, 3.63) is 41.1 Å². The van der Waals surface area contributed by atoms with Crippen LogP contribution in [-0.4, -0.2) is 9.78 Å². The highest BCUT2D eigenvalue weighted by Crippen LogP contribution is 2.47. The summed E-state index contributed by atoms with van der Waals surface area (Å²) in [7, 11) is 1.97. The van der Waals surface area contributed by atoms with E-state index in [0.717, 1.165) is 36.9 Å². The summed E-state index contributed by atoms with van der Waals surface area (Å²) in [4.78, 5) is 0. The third-order valence-corrected chi connectivity index (χ3v) is 4.10. The number of rotatable bonds is 6. The molecule has 108 valence electrons. The zero-order chi connectivity index (χ0) is 14.1. The van der Waals surface area contributed by atoms with Crippen LogP contribution in [0.25, 0.3) is 0 Å². The molecule has 4 heteroatoms. The molecule has 1 aliphatic carbocycles. The summed E-state index contributed by atoms with van der Waals surface area (Å²) >= 11 is 0. The van der Waals surface area contributed by atoms with Crippen molar-refractivity contribution in [2.45, 2.75) is 45.7 Å². The first-order valence-corrected chi connectivity index (χ1v) is 7.48. The molecular formula is C16H23N3O. The van der Waals surface area contributed by atoms with Gasteiger partial charge in [-0.3, -0.25) is 4.68 Å². The topological polar surface area (TPSA) is 43.0 Å². The molecule has 2 atom stereocenters. The van der Waals surface area contributed by atoms with Gasteiger partial charge in [-0.25, -0.2) is 0 Å². The van der Waals surface area contributed by atoms with Gasteiger partial charge in [0.15, 0.2) is 0 Å². The van der Waals surface area contributed by atoms with E-state index < -0.39 is 0 Å². The maximum Gasteiger partial charge on any atom is 0.117 e. The lowest BCUT2D eigenvalue weighted by Crippen LogP contribution is -2.12. The molecule has 0 bridgehead atoms. The second-order valence-electron chi connectivity index (χ2n) is 5.86. The second-order valence-corrected chi connectivity index (χ2v) is 5.86. The SMILES string of the molecule is CCc1nn(C)cc1CNCc1ccc(C2CC2C)o1. The molecule has 1 aliphatic rings. The van der Waals surface area contributed by atoms with Crippen LogP contribution < -0.4 is 5.32 Å². The Bertz CT molecular complexity index is 584. The summed E-state index contributed by atoms with van der Waals surface area (Å²) in [6.07, 6.45) is 4.34. The van der Waals surface area contributed by atoms with Crippen molar-refractivity contribution in [3.63, 3.8) is 0 Å². The van der Waals surface area contributed by atoms with Crippen LogP contribution in [0.4, 0.5) is 0 Å². The predicted molar refractivity (Wildman–Crippen MR) is 78.4 cm³/mol. The molecule has 2 unspecified atom stereocenters. The molecule has 4 nitrogen and oxygen atoms in total. The quantitative estimate of drug-likeness (QED) is 0.880. The molecule has 0 aliphatic heterocycles. The average Bonchev–Trinajstić information content (AvgIpc) is 2.86. The van der Waals surface area contributed by atoms with E-state index >= 15 is 0 Å². The van der Waals surface area contributed by atoms with E-state index in [0.29, 0.717) is 5.92 Å². The zero-order valence-corrected chi connectivity index (χ0v) is 12.5. The van der Waals surface area contributed by atoms with Crippen LogP contribution in [0.15, 0.2) is 22.7 Å². The van der Waals surface area contributed by atoms with Crippen molar-refractivity contribution in [3.8, 4) is 0 Å². The molecule has 0 saturated heterocycles. The molecule has 0 aromatic carbocycles. The van der Waals surface area contributed by atoms with Gasteiger partial charge in [0.05, 0.1) is 12.2 Å². The van der Waals surface area contributed by atoms with E-state index in [9.17, 15) is 0 Å². The number of nitrogens with zero attached hydrogens (tertiary/aromatic N) is 2. The van der Waals surface area contributed by atoms with Gasteiger partial charge < -0.3 is 9.73 Å². The summed E-state index contributed by atoms with van der Waals surface area (Å²) in [5, 5.41) is 7.89. The van der Waals surface area contributed by atoms with Crippen molar-refractivity contribution in [1.29, 1.82) is 0 Å². The fourth-order valence-electron chi connectivity index (χ4n) is 2.76. The summed E-state index contributed by atoms with van der Waals surface area (Å²) in [6.45, 7) is 6.03. The number of aryl methyl sites for hydroxylation is 2. The van der Waals surface area contributed by atoms with E-state index in [2.05, 4.69) is 42.6 Å². The third kappa shape index (κ3) is 2.80. The largest absolute Gasteiger partial charge is 0.464 e. The monoisotopic (exact) mass is 273 g/mol. The first-order valence-electron chi connectivity index (χ1n) is 7.48. The van der Waals surface area contributed by atoms with Crippen molar-refractivity contribution < 1.29 is 4.42 Å². The first-order chi connectivity index (χ1) is 9.67. The van der Waals surface area contributed by atoms with Gasteiger partial charge in [0.25, 0.3) is 0 Å². The van der Waals surface area contributed by atoms with Crippen molar-refractivity contribution >= 4 is 0 Å². The van der Waals surface area contributed by atoms with Crippen molar-refractivity contribution in [2.75, 3.05) is 0 Å². The van der Waals surface area contributed by atoms with Gasteiger partial charge >= 0.3 is 0 Å². The van der Waals surface area contributed by atoms with E-state index in [1.807, 2.05) is 11.7 Å². The maximum absolute atomic E-state index is 5.89. The second kappa shape index (κ2) is 5.44. The van der Waals surface area contributed by atoms with Crippen molar-refractivity contribution in [1.82, 2.24) is 15.1 Å². The Labute approximate surface area is 120 Å². The summed E-state index contributed by atoms with van der Waals surface area (Å²) in [6, 6.07) is 4.23. The Morgan fingerprint density at radius 3 is 2.90 bits per heavy atom. The summed E-state index contributed by atoms with van der Waals surface area (Å²) in [5.74, 6) is 3.64. The molecular weight excluding hydrogens is 250 g/mol. The molecule has 3 rings (SSSR count). The minimum absolute atomic E-state index is 0.661.